The summed E-state index contributed by atoms with van der Waals surface area (Å²) < 4.78 is 6.61. The average molecular weight is 344 g/mol. The predicted molar refractivity (Wildman–Crippen MR) is 96.6 cm³/mol. The summed E-state index contributed by atoms with van der Waals surface area (Å²) >= 11 is 3.14. The Morgan fingerprint density at radius 2 is 2.04 bits per heavy atom. The molecule has 0 aliphatic carbocycles. The van der Waals surface area contributed by atoms with E-state index in [2.05, 4.69) is 10.3 Å². The Morgan fingerprint density at radius 3 is 2.83 bits per heavy atom. The fourth-order valence-electron chi connectivity index (χ4n) is 2.10. The highest BCUT2D eigenvalue weighted by atomic mass is 32.2. The van der Waals surface area contributed by atoms with Crippen molar-refractivity contribution in [2.75, 3.05) is 18.2 Å². The largest absolute Gasteiger partial charge is 0.493 e. The summed E-state index contributed by atoms with van der Waals surface area (Å²) in [5, 5.41) is 3.48. The first-order chi connectivity index (χ1) is 11.3. The van der Waals surface area contributed by atoms with E-state index >= 15 is 0 Å². The molecule has 23 heavy (non-hydrogen) atoms. The molecule has 0 fully saturated rings. The molecule has 0 bridgehead atoms. The zero-order chi connectivity index (χ0) is 16.1. The molecule has 0 saturated heterocycles. The van der Waals surface area contributed by atoms with Crippen molar-refractivity contribution in [1.82, 2.24) is 4.98 Å². The van der Waals surface area contributed by atoms with Crippen LogP contribution in [-0.4, -0.2) is 23.8 Å². The molecule has 118 valence electrons. The van der Waals surface area contributed by atoms with Crippen LogP contribution in [0.1, 0.15) is 6.42 Å². The number of hydrogen-bond acceptors (Lipinski definition) is 5. The van der Waals surface area contributed by atoms with Gasteiger partial charge in [-0.2, -0.15) is 0 Å². The molecule has 3 aromatic rings. The zero-order valence-electron chi connectivity index (χ0n) is 12.6. The smallest absolute Gasteiger partial charge is 0.229 e. The fraction of sp³-hybridized carbons (Fsp3) is 0.176. The highest BCUT2D eigenvalue weighted by Crippen LogP contribution is 2.32. The Hall–Kier alpha value is -2.05. The number of nitrogens with one attached hydrogen (secondary N) is 1. The van der Waals surface area contributed by atoms with E-state index in [-0.39, 0.29) is 5.91 Å². The van der Waals surface area contributed by atoms with Gasteiger partial charge >= 0.3 is 0 Å². The summed E-state index contributed by atoms with van der Waals surface area (Å²) in [7, 11) is 0. The van der Waals surface area contributed by atoms with Gasteiger partial charge < -0.3 is 10.1 Å². The van der Waals surface area contributed by atoms with Gasteiger partial charge in [-0.25, -0.2) is 4.98 Å². The number of carbonyl (C=O) groups is 1. The fourth-order valence-corrected chi connectivity index (χ4v) is 3.64. The van der Waals surface area contributed by atoms with Gasteiger partial charge in [0.15, 0.2) is 5.13 Å². The molecule has 0 saturated carbocycles. The number of thioether (sulfide) groups is 1. The Balaban J connectivity index is 1.57. The number of hydrogen-bond donors (Lipinski definition) is 1. The number of thiazole rings is 1. The second-order valence-electron chi connectivity index (χ2n) is 4.79. The van der Waals surface area contributed by atoms with Crippen LogP contribution in [-0.2, 0) is 4.79 Å². The van der Waals surface area contributed by atoms with Crippen molar-refractivity contribution in [3.63, 3.8) is 0 Å². The summed E-state index contributed by atoms with van der Waals surface area (Å²) in [6, 6.07) is 15.5. The van der Waals surface area contributed by atoms with Crippen molar-refractivity contribution >= 4 is 44.4 Å². The topological polar surface area (TPSA) is 51.2 Å². The maximum Gasteiger partial charge on any atom is 0.229 e. The molecule has 1 amide bonds. The van der Waals surface area contributed by atoms with Gasteiger partial charge in [-0.05, 0) is 30.5 Å². The number of benzene rings is 2. The van der Waals surface area contributed by atoms with Crippen molar-refractivity contribution in [3.05, 3.63) is 48.5 Å². The number of para-hydroxylation sites is 2. The maximum atomic E-state index is 12.0. The Labute approximate surface area is 142 Å². The average Bonchev–Trinajstić information content (AvgIpc) is 2.98. The molecule has 4 nitrogen and oxygen atoms in total. The SMILES string of the molecule is CSc1cccc2sc(NC(=O)CCOc3ccccc3)nc12. The van der Waals surface area contributed by atoms with Gasteiger partial charge in [-0.3, -0.25) is 4.79 Å². The normalized spacial score (nSPS) is 10.7. The van der Waals surface area contributed by atoms with Gasteiger partial charge in [0.2, 0.25) is 5.91 Å². The maximum absolute atomic E-state index is 12.0. The summed E-state index contributed by atoms with van der Waals surface area (Å²) in [6.07, 6.45) is 2.31. The first-order valence-corrected chi connectivity index (χ1v) is 9.21. The molecule has 1 heterocycles. The van der Waals surface area contributed by atoms with E-state index in [0.717, 1.165) is 20.9 Å². The molecular weight excluding hydrogens is 328 g/mol. The summed E-state index contributed by atoms with van der Waals surface area (Å²) in [4.78, 5) is 17.6. The van der Waals surface area contributed by atoms with Crippen LogP contribution in [0, 0.1) is 0 Å². The number of nitrogens with zero attached hydrogens (tertiary/aromatic N) is 1. The van der Waals surface area contributed by atoms with Crippen LogP contribution in [0.25, 0.3) is 10.2 Å². The highest BCUT2D eigenvalue weighted by molar-refractivity contribution is 7.98. The lowest BCUT2D eigenvalue weighted by atomic mass is 10.3. The lowest BCUT2D eigenvalue weighted by molar-refractivity contribution is -0.116. The number of rotatable bonds is 6. The predicted octanol–water partition coefficient (Wildman–Crippen LogP) is 4.43. The lowest BCUT2D eigenvalue weighted by Gasteiger charge is -2.05. The van der Waals surface area contributed by atoms with Crippen molar-refractivity contribution in [1.29, 1.82) is 0 Å². The number of ether oxygens (including phenoxy) is 1. The van der Waals surface area contributed by atoms with Crippen molar-refractivity contribution < 1.29 is 9.53 Å². The Kier molecular flexibility index (Phi) is 5.15. The molecule has 0 atom stereocenters. The third kappa shape index (κ3) is 4.03. The van der Waals surface area contributed by atoms with Crippen molar-refractivity contribution in [3.8, 4) is 5.75 Å². The second-order valence-corrected chi connectivity index (χ2v) is 6.66. The molecule has 0 aliphatic rings. The molecule has 0 radical (unpaired) electrons. The molecule has 0 aliphatic heterocycles. The lowest BCUT2D eigenvalue weighted by Crippen LogP contribution is -2.15. The molecule has 0 unspecified atom stereocenters. The van der Waals surface area contributed by atoms with Crippen LogP contribution < -0.4 is 10.1 Å². The van der Waals surface area contributed by atoms with Gasteiger partial charge in [0.05, 0.1) is 23.2 Å². The molecule has 2 aromatic carbocycles. The molecule has 3 rings (SSSR count). The zero-order valence-corrected chi connectivity index (χ0v) is 14.2. The van der Waals surface area contributed by atoms with Crippen LogP contribution in [0.4, 0.5) is 5.13 Å². The minimum Gasteiger partial charge on any atom is -0.493 e. The third-order valence-electron chi connectivity index (χ3n) is 3.19. The first-order valence-electron chi connectivity index (χ1n) is 7.17. The van der Waals surface area contributed by atoms with E-state index in [4.69, 9.17) is 4.74 Å². The number of amides is 1. The summed E-state index contributed by atoms with van der Waals surface area (Å²) in [5.74, 6) is 0.676. The summed E-state index contributed by atoms with van der Waals surface area (Å²) in [6.45, 7) is 0.344. The van der Waals surface area contributed by atoms with Gasteiger partial charge in [-0.1, -0.05) is 35.6 Å². The number of carbonyl (C=O) groups excluding carboxylic acids is 1. The van der Waals surface area contributed by atoms with Gasteiger partial charge in [0.25, 0.3) is 0 Å². The van der Waals surface area contributed by atoms with Gasteiger partial charge in [-0.15, -0.1) is 11.8 Å². The summed E-state index contributed by atoms with van der Waals surface area (Å²) in [5.41, 5.74) is 0.945. The van der Waals surface area contributed by atoms with E-state index in [1.165, 1.54) is 11.3 Å². The first kappa shape index (κ1) is 15.8. The van der Waals surface area contributed by atoms with Gasteiger partial charge in [0.1, 0.15) is 5.75 Å². The monoisotopic (exact) mass is 344 g/mol. The minimum absolute atomic E-state index is 0.0920. The van der Waals surface area contributed by atoms with E-state index in [9.17, 15) is 4.79 Å². The number of anilines is 1. The third-order valence-corrected chi connectivity index (χ3v) is 4.89. The number of aromatic nitrogens is 1. The Bertz CT molecular complexity index is 803. The molecule has 1 N–H and O–H groups in total. The van der Waals surface area contributed by atoms with Crippen molar-refractivity contribution in [2.45, 2.75) is 11.3 Å². The number of fused-ring (bicyclic) bond motifs is 1. The second kappa shape index (κ2) is 7.48. The van der Waals surface area contributed by atoms with Crippen LogP contribution >= 0.6 is 23.1 Å². The quantitative estimate of drug-likeness (QED) is 0.672. The molecule has 0 spiro atoms. The van der Waals surface area contributed by atoms with Crippen LogP contribution in [0.2, 0.25) is 0 Å². The van der Waals surface area contributed by atoms with E-state index < -0.39 is 0 Å². The standard InChI is InChI=1S/C17H16N2O2S2/c1-22-13-8-5-9-14-16(13)19-17(23-14)18-15(20)10-11-21-12-6-3-2-4-7-12/h2-9H,10-11H2,1H3,(H,18,19,20). The molecule has 6 heteroatoms. The van der Waals surface area contributed by atoms with E-state index in [1.807, 2.05) is 54.8 Å². The highest BCUT2D eigenvalue weighted by Gasteiger charge is 2.10. The van der Waals surface area contributed by atoms with Crippen LogP contribution in [0.5, 0.6) is 5.75 Å². The molecule has 1 aromatic heterocycles. The van der Waals surface area contributed by atoms with Crippen molar-refractivity contribution in [2.24, 2.45) is 0 Å². The van der Waals surface area contributed by atoms with Crippen LogP contribution in [0.15, 0.2) is 53.4 Å². The minimum atomic E-state index is -0.0920. The van der Waals surface area contributed by atoms with Gasteiger partial charge in [0, 0.05) is 4.90 Å². The van der Waals surface area contributed by atoms with E-state index in [0.29, 0.717) is 18.2 Å². The molecular formula is C17H16N2O2S2. The Morgan fingerprint density at radius 1 is 1.22 bits per heavy atom. The van der Waals surface area contributed by atoms with Crippen LogP contribution in [0.3, 0.4) is 0 Å². The van der Waals surface area contributed by atoms with E-state index in [1.54, 1.807) is 11.8 Å².